The van der Waals surface area contributed by atoms with Crippen molar-refractivity contribution in [3.8, 4) is 0 Å². The predicted octanol–water partition coefficient (Wildman–Crippen LogP) is 3.49. The molecule has 0 aliphatic carbocycles. The lowest BCUT2D eigenvalue weighted by Crippen LogP contribution is -2.49. The Labute approximate surface area is 167 Å². The van der Waals surface area contributed by atoms with E-state index in [1.165, 1.54) is 0 Å². The van der Waals surface area contributed by atoms with Crippen LogP contribution in [0.15, 0.2) is 30.5 Å². The largest absolute Gasteiger partial charge is 0.465 e. The summed E-state index contributed by atoms with van der Waals surface area (Å²) in [5, 5.41) is 24.4. The number of carbonyl (C=O) groups is 1. The van der Waals surface area contributed by atoms with Crippen molar-refractivity contribution < 1.29 is 9.90 Å². The fraction of sp³-hybridized carbons (Fsp3) is 0.400. The third-order valence-electron chi connectivity index (χ3n) is 5.86. The van der Waals surface area contributed by atoms with Gasteiger partial charge in [-0.05, 0) is 44.7 Å². The zero-order chi connectivity index (χ0) is 20.0. The van der Waals surface area contributed by atoms with Gasteiger partial charge in [-0.25, -0.2) is 9.78 Å². The fourth-order valence-corrected chi connectivity index (χ4v) is 4.66. The molecule has 0 spiro atoms. The predicted molar refractivity (Wildman–Crippen MR) is 109 cm³/mol. The molecule has 0 radical (unpaired) electrons. The van der Waals surface area contributed by atoms with E-state index in [1.54, 1.807) is 11.1 Å². The van der Waals surface area contributed by atoms with Crippen molar-refractivity contribution in [2.24, 2.45) is 0 Å². The Bertz CT molecular complexity index is 1050. The van der Waals surface area contributed by atoms with Crippen molar-refractivity contribution in [3.63, 3.8) is 0 Å². The van der Waals surface area contributed by atoms with Gasteiger partial charge in [-0.1, -0.05) is 0 Å². The maximum absolute atomic E-state index is 11.5. The molecule has 9 heteroatoms. The van der Waals surface area contributed by atoms with Crippen LogP contribution < -0.4 is 10.6 Å². The second kappa shape index (κ2) is 6.91. The number of aromatic amines is 1. The summed E-state index contributed by atoms with van der Waals surface area (Å²) in [4.78, 5) is 22.4. The van der Waals surface area contributed by atoms with Gasteiger partial charge in [0.25, 0.3) is 0 Å². The molecule has 3 atom stereocenters. The lowest BCUT2D eigenvalue weighted by Gasteiger charge is -2.37. The van der Waals surface area contributed by atoms with Gasteiger partial charge in [-0.15, -0.1) is 0 Å². The molecule has 4 N–H and O–H groups in total. The molecule has 9 nitrogen and oxygen atoms in total. The summed E-state index contributed by atoms with van der Waals surface area (Å²) in [5.74, 6) is 2.12. The number of hydrogen-bond donors (Lipinski definition) is 4. The van der Waals surface area contributed by atoms with Crippen LogP contribution in [0.3, 0.4) is 0 Å². The summed E-state index contributed by atoms with van der Waals surface area (Å²) < 4.78 is 0. The summed E-state index contributed by atoms with van der Waals surface area (Å²) in [6, 6.07) is 8.07. The highest BCUT2D eigenvalue weighted by molar-refractivity contribution is 5.91. The van der Waals surface area contributed by atoms with Gasteiger partial charge in [-0.2, -0.15) is 5.10 Å². The van der Waals surface area contributed by atoms with Gasteiger partial charge in [0.15, 0.2) is 5.82 Å². The number of amides is 1. The number of anilines is 3. The number of hydrogen-bond acceptors (Lipinski definition) is 6. The molecule has 1 amide bonds. The van der Waals surface area contributed by atoms with Crippen LogP contribution in [-0.2, 0) is 0 Å². The molecule has 29 heavy (non-hydrogen) atoms. The zero-order valence-electron chi connectivity index (χ0n) is 16.1. The maximum Gasteiger partial charge on any atom is 0.407 e. The number of aromatic nitrogens is 4. The monoisotopic (exact) mass is 393 g/mol. The van der Waals surface area contributed by atoms with Crippen LogP contribution in [0, 0.1) is 6.92 Å². The Kier molecular flexibility index (Phi) is 4.22. The van der Waals surface area contributed by atoms with Crippen LogP contribution in [0.2, 0.25) is 0 Å². The minimum Gasteiger partial charge on any atom is -0.465 e. The first-order chi connectivity index (χ1) is 14.1. The number of nitrogens with one attached hydrogen (secondary N) is 3. The van der Waals surface area contributed by atoms with Crippen LogP contribution in [-0.4, -0.2) is 54.4 Å². The van der Waals surface area contributed by atoms with Gasteiger partial charge in [0.05, 0.1) is 5.52 Å². The lowest BCUT2D eigenvalue weighted by atomic mass is 9.97. The standard InChI is InChI=1S/C20H23N7O2/c1-11-7-18(26-25-11)23-17-10-16-15(3-2-6-21-16)19(24-17)22-12-8-13-4-5-14(9-12)27(13)20(28)29/h2-3,6-7,10,12-14H,4-5,8-9H2,1H3,(H,28,29)(H3,22,23,24,25,26)/t12?,13-,14+. The minimum atomic E-state index is -0.802. The molecule has 1 unspecified atom stereocenters. The smallest absolute Gasteiger partial charge is 0.407 e. The van der Waals surface area contributed by atoms with E-state index < -0.39 is 6.09 Å². The SMILES string of the molecule is Cc1cc(Nc2cc3ncccc3c(NC3C[C@H]4CC[C@@H](C3)N4C(=O)O)n2)n[nH]1. The number of H-pyrrole nitrogens is 1. The number of rotatable bonds is 4. The Morgan fingerprint density at radius 3 is 2.72 bits per heavy atom. The van der Waals surface area contributed by atoms with Crippen LogP contribution in [0.4, 0.5) is 22.2 Å². The molecule has 2 aliphatic heterocycles. The highest BCUT2D eigenvalue weighted by Gasteiger charge is 2.43. The molecule has 150 valence electrons. The summed E-state index contributed by atoms with van der Waals surface area (Å²) in [5.41, 5.74) is 1.80. The Hall–Kier alpha value is -3.36. The van der Waals surface area contributed by atoms with Gasteiger partial charge >= 0.3 is 6.09 Å². The van der Waals surface area contributed by atoms with E-state index in [2.05, 4.69) is 25.8 Å². The molecule has 3 aromatic heterocycles. The second-order valence-electron chi connectivity index (χ2n) is 7.87. The van der Waals surface area contributed by atoms with Crippen molar-refractivity contribution >= 4 is 34.4 Å². The summed E-state index contributed by atoms with van der Waals surface area (Å²) in [7, 11) is 0. The van der Waals surface area contributed by atoms with E-state index in [1.807, 2.05) is 31.2 Å². The van der Waals surface area contributed by atoms with Crippen LogP contribution in [0.25, 0.3) is 10.9 Å². The van der Waals surface area contributed by atoms with Gasteiger partial charge in [-0.3, -0.25) is 10.1 Å². The van der Waals surface area contributed by atoms with E-state index in [-0.39, 0.29) is 18.1 Å². The number of aryl methyl sites for hydroxylation is 1. The van der Waals surface area contributed by atoms with Crippen molar-refractivity contribution in [1.82, 2.24) is 25.1 Å². The first kappa shape index (κ1) is 17.7. The molecule has 2 fully saturated rings. The topological polar surface area (TPSA) is 119 Å². The molecule has 0 saturated carbocycles. The first-order valence-corrected chi connectivity index (χ1v) is 9.89. The average Bonchev–Trinajstić information content (AvgIpc) is 3.22. The quantitative estimate of drug-likeness (QED) is 0.536. The van der Waals surface area contributed by atoms with Crippen molar-refractivity contribution in [2.75, 3.05) is 10.6 Å². The van der Waals surface area contributed by atoms with E-state index in [0.717, 1.165) is 48.1 Å². The minimum absolute atomic E-state index is 0.0847. The Morgan fingerprint density at radius 1 is 1.24 bits per heavy atom. The van der Waals surface area contributed by atoms with Crippen molar-refractivity contribution in [2.45, 2.75) is 50.7 Å². The number of nitrogens with zero attached hydrogens (tertiary/aromatic N) is 4. The van der Waals surface area contributed by atoms with Gasteiger partial charge in [0, 0.05) is 47.5 Å². The van der Waals surface area contributed by atoms with Crippen molar-refractivity contribution in [3.05, 3.63) is 36.2 Å². The van der Waals surface area contributed by atoms with Gasteiger partial charge < -0.3 is 20.6 Å². The van der Waals surface area contributed by atoms with Crippen LogP contribution in [0.1, 0.15) is 31.4 Å². The molecule has 2 bridgehead atoms. The third-order valence-corrected chi connectivity index (χ3v) is 5.86. The van der Waals surface area contributed by atoms with E-state index in [4.69, 9.17) is 4.98 Å². The fourth-order valence-electron chi connectivity index (χ4n) is 4.66. The number of piperidine rings is 1. The van der Waals surface area contributed by atoms with Gasteiger partial charge in [0.1, 0.15) is 11.6 Å². The summed E-state index contributed by atoms with van der Waals surface area (Å²) in [6.45, 7) is 1.94. The van der Waals surface area contributed by atoms with E-state index in [9.17, 15) is 9.90 Å². The molecule has 5 rings (SSSR count). The molecular formula is C20H23N7O2. The van der Waals surface area contributed by atoms with E-state index in [0.29, 0.717) is 11.6 Å². The third kappa shape index (κ3) is 3.32. The number of carboxylic acid groups (broad SMARTS) is 1. The highest BCUT2D eigenvalue weighted by Crippen LogP contribution is 2.37. The zero-order valence-corrected chi connectivity index (χ0v) is 16.1. The summed E-state index contributed by atoms with van der Waals surface area (Å²) in [6.07, 6.45) is 4.42. The summed E-state index contributed by atoms with van der Waals surface area (Å²) >= 11 is 0. The van der Waals surface area contributed by atoms with Gasteiger partial charge in [0.2, 0.25) is 0 Å². The Balaban J connectivity index is 1.42. The van der Waals surface area contributed by atoms with Crippen LogP contribution in [0.5, 0.6) is 0 Å². The number of fused-ring (bicyclic) bond motifs is 3. The second-order valence-corrected chi connectivity index (χ2v) is 7.87. The molecule has 2 aliphatic rings. The molecule has 5 heterocycles. The van der Waals surface area contributed by atoms with Crippen molar-refractivity contribution in [1.29, 1.82) is 0 Å². The number of pyridine rings is 2. The Morgan fingerprint density at radius 2 is 2.03 bits per heavy atom. The van der Waals surface area contributed by atoms with E-state index >= 15 is 0 Å². The maximum atomic E-state index is 11.5. The molecule has 3 aromatic rings. The highest BCUT2D eigenvalue weighted by atomic mass is 16.4. The first-order valence-electron chi connectivity index (χ1n) is 9.89. The lowest BCUT2D eigenvalue weighted by molar-refractivity contribution is 0.0994. The molecular weight excluding hydrogens is 370 g/mol. The van der Waals surface area contributed by atoms with Crippen LogP contribution >= 0.6 is 0 Å². The average molecular weight is 393 g/mol. The normalized spacial score (nSPS) is 23.3. The molecule has 2 saturated heterocycles. The molecule has 0 aromatic carbocycles.